The molecule has 1 aromatic rings. The normalized spacial score (nSPS) is 25.6. The van der Waals surface area contributed by atoms with Crippen LogP contribution >= 0.6 is 0 Å². The van der Waals surface area contributed by atoms with Crippen molar-refractivity contribution in [1.29, 1.82) is 0 Å². The molecule has 0 saturated carbocycles. The van der Waals surface area contributed by atoms with Crippen molar-refractivity contribution >= 4 is 23.5 Å². The number of carbonyl (C=O) groups excluding carboxylic acids is 2. The first-order valence-electron chi connectivity index (χ1n) is 10.0. The molecule has 1 aliphatic heterocycles. The van der Waals surface area contributed by atoms with Gasteiger partial charge < -0.3 is 30.5 Å². The molecule has 1 saturated heterocycles. The molecular formula is C20H28N2O9. The molecule has 2 rings (SSSR count). The summed E-state index contributed by atoms with van der Waals surface area (Å²) < 4.78 is 4.88. The van der Waals surface area contributed by atoms with Crippen LogP contribution in [0, 0.1) is 0 Å². The number of aliphatic hydroxyl groups is 3. The fourth-order valence-electron chi connectivity index (χ4n) is 2.99. The van der Waals surface area contributed by atoms with Crippen LogP contribution in [0.2, 0.25) is 0 Å². The van der Waals surface area contributed by atoms with Crippen LogP contribution in [-0.4, -0.2) is 68.9 Å². The number of hydroxylamine groups is 1. The maximum atomic E-state index is 11.8. The average molecular weight is 440 g/mol. The van der Waals surface area contributed by atoms with Crippen LogP contribution in [0.1, 0.15) is 38.5 Å². The lowest BCUT2D eigenvalue weighted by atomic mass is 9.99. The van der Waals surface area contributed by atoms with Crippen LogP contribution in [0.25, 0.3) is 0 Å². The summed E-state index contributed by atoms with van der Waals surface area (Å²) in [4.78, 5) is 39.5. The number of aliphatic carboxylic acids is 1. The molecule has 172 valence electrons. The largest absolute Gasteiger partial charge is 0.479 e. The molecule has 2 amide bonds. The van der Waals surface area contributed by atoms with Crippen molar-refractivity contribution < 1.29 is 44.4 Å². The number of nitrogens with one attached hydrogen (secondary N) is 2. The van der Waals surface area contributed by atoms with Gasteiger partial charge in [-0.25, -0.2) is 15.1 Å². The number of anilines is 1. The Kier molecular flexibility index (Phi) is 9.82. The molecular weight excluding hydrogens is 412 g/mol. The van der Waals surface area contributed by atoms with Gasteiger partial charge in [-0.05, 0) is 25.0 Å². The monoisotopic (exact) mass is 440 g/mol. The van der Waals surface area contributed by atoms with Gasteiger partial charge in [-0.2, -0.15) is 0 Å². The van der Waals surface area contributed by atoms with Crippen LogP contribution in [-0.2, 0) is 24.0 Å². The second-order valence-electron chi connectivity index (χ2n) is 7.21. The van der Waals surface area contributed by atoms with Gasteiger partial charge in [-0.15, -0.1) is 0 Å². The standard InChI is InChI=1S/C20H28N2O9/c23-13(21-12-8-4-3-5-9-12)10-6-1-2-7-11-14(24)22-31-20-17(27)15(25)16(26)18(30-20)19(28)29/h3-5,8-9,15-18,20,25-27H,1-2,6-7,10-11H2,(H,21,23)(H,22,24)(H,28,29)/t15-,16-,17+,18-,20-/m0/s1. The number of hydrogen-bond acceptors (Lipinski definition) is 8. The third-order valence-corrected chi connectivity index (χ3v) is 4.72. The zero-order valence-electron chi connectivity index (χ0n) is 16.8. The first-order valence-corrected chi connectivity index (χ1v) is 10.0. The highest BCUT2D eigenvalue weighted by Crippen LogP contribution is 2.21. The molecule has 11 heteroatoms. The second-order valence-corrected chi connectivity index (χ2v) is 7.21. The van der Waals surface area contributed by atoms with Gasteiger partial charge in [0.15, 0.2) is 6.10 Å². The molecule has 0 aliphatic carbocycles. The number of para-hydroxylation sites is 1. The Morgan fingerprint density at radius 2 is 1.48 bits per heavy atom. The minimum atomic E-state index is -1.84. The molecule has 1 fully saturated rings. The summed E-state index contributed by atoms with van der Waals surface area (Å²) in [5.41, 5.74) is 2.78. The van der Waals surface area contributed by atoms with E-state index in [1.807, 2.05) is 23.7 Å². The molecule has 1 aliphatic rings. The van der Waals surface area contributed by atoms with Gasteiger partial charge in [0.1, 0.15) is 18.3 Å². The Hall–Kier alpha value is -2.57. The maximum absolute atomic E-state index is 11.8. The number of carboxylic acid groups (broad SMARTS) is 1. The van der Waals surface area contributed by atoms with Crippen molar-refractivity contribution in [3.8, 4) is 0 Å². The van der Waals surface area contributed by atoms with Crippen molar-refractivity contribution in [2.45, 2.75) is 69.2 Å². The first kappa shape index (κ1) is 24.7. The van der Waals surface area contributed by atoms with Crippen LogP contribution in [0.4, 0.5) is 5.69 Å². The van der Waals surface area contributed by atoms with Crippen molar-refractivity contribution in [2.75, 3.05) is 5.32 Å². The zero-order valence-corrected chi connectivity index (χ0v) is 16.8. The molecule has 1 heterocycles. The lowest BCUT2D eigenvalue weighted by Gasteiger charge is -2.37. The summed E-state index contributed by atoms with van der Waals surface area (Å²) in [6.07, 6.45) is -5.69. The highest BCUT2D eigenvalue weighted by atomic mass is 16.8. The summed E-state index contributed by atoms with van der Waals surface area (Å²) in [6, 6.07) is 9.14. The SMILES string of the molecule is O=C(CCCCCCC(=O)Nc1ccccc1)NO[C@@H]1O[C@H](C(=O)O)[C@@H](O)[C@H](O)[C@H]1O. The van der Waals surface area contributed by atoms with E-state index < -0.39 is 42.6 Å². The highest BCUT2D eigenvalue weighted by molar-refractivity contribution is 5.90. The third-order valence-electron chi connectivity index (χ3n) is 4.72. The molecule has 11 nitrogen and oxygen atoms in total. The third kappa shape index (κ3) is 7.89. The van der Waals surface area contributed by atoms with Crippen molar-refractivity contribution in [3.05, 3.63) is 30.3 Å². The van der Waals surface area contributed by atoms with Gasteiger partial charge in [-0.1, -0.05) is 31.0 Å². The predicted octanol–water partition coefficient (Wildman–Crippen LogP) is -0.0943. The predicted molar refractivity (Wildman–Crippen MR) is 106 cm³/mol. The van der Waals surface area contributed by atoms with E-state index >= 15 is 0 Å². The molecule has 1 aromatic carbocycles. The van der Waals surface area contributed by atoms with Crippen LogP contribution in [0.5, 0.6) is 0 Å². The number of amides is 2. The summed E-state index contributed by atoms with van der Waals surface area (Å²) in [5, 5.41) is 40.8. The van der Waals surface area contributed by atoms with Crippen LogP contribution in [0.15, 0.2) is 30.3 Å². The van der Waals surface area contributed by atoms with E-state index in [9.17, 15) is 29.7 Å². The number of hydrogen-bond donors (Lipinski definition) is 6. The molecule has 0 spiro atoms. The lowest BCUT2D eigenvalue weighted by molar-refractivity contribution is -0.306. The highest BCUT2D eigenvalue weighted by Gasteiger charge is 2.47. The average Bonchev–Trinajstić information content (AvgIpc) is 2.74. The molecule has 0 aromatic heterocycles. The van der Waals surface area contributed by atoms with E-state index in [-0.39, 0.29) is 12.3 Å². The van der Waals surface area contributed by atoms with Gasteiger partial charge in [0.2, 0.25) is 18.1 Å². The van der Waals surface area contributed by atoms with Crippen LogP contribution in [0.3, 0.4) is 0 Å². The lowest BCUT2D eigenvalue weighted by Crippen LogP contribution is -2.61. The van der Waals surface area contributed by atoms with Crippen molar-refractivity contribution in [1.82, 2.24) is 5.48 Å². The van der Waals surface area contributed by atoms with Crippen molar-refractivity contribution in [2.24, 2.45) is 0 Å². The van der Waals surface area contributed by atoms with Gasteiger partial charge >= 0.3 is 5.97 Å². The Morgan fingerprint density at radius 3 is 2.10 bits per heavy atom. The fourth-order valence-corrected chi connectivity index (χ4v) is 2.99. The van der Waals surface area contributed by atoms with Crippen molar-refractivity contribution in [3.63, 3.8) is 0 Å². The van der Waals surface area contributed by atoms with Gasteiger partial charge in [0, 0.05) is 18.5 Å². The van der Waals surface area contributed by atoms with Crippen LogP contribution < -0.4 is 10.8 Å². The maximum Gasteiger partial charge on any atom is 0.335 e. The molecule has 0 radical (unpaired) electrons. The minimum Gasteiger partial charge on any atom is -0.479 e. The summed E-state index contributed by atoms with van der Waals surface area (Å²) in [7, 11) is 0. The number of aliphatic hydroxyl groups excluding tert-OH is 3. The first-order chi connectivity index (χ1) is 14.8. The smallest absolute Gasteiger partial charge is 0.335 e. The van der Waals surface area contributed by atoms with E-state index in [1.54, 1.807) is 12.1 Å². The molecule has 31 heavy (non-hydrogen) atoms. The number of ether oxygens (including phenoxy) is 1. The summed E-state index contributed by atoms with van der Waals surface area (Å²) in [6.45, 7) is 0. The van der Waals surface area contributed by atoms with E-state index in [2.05, 4.69) is 5.32 Å². The molecule has 0 bridgehead atoms. The fraction of sp³-hybridized carbons (Fsp3) is 0.550. The summed E-state index contributed by atoms with van der Waals surface area (Å²) in [5.74, 6) is -2.14. The number of unbranched alkanes of at least 4 members (excludes halogenated alkanes) is 3. The molecule has 5 atom stereocenters. The second kappa shape index (κ2) is 12.3. The topological polar surface area (TPSA) is 175 Å². The summed E-state index contributed by atoms with van der Waals surface area (Å²) >= 11 is 0. The zero-order chi connectivity index (χ0) is 22.8. The number of carbonyl (C=O) groups is 3. The molecule has 0 unspecified atom stereocenters. The van der Waals surface area contributed by atoms with E-state index in [0.29, 0.717) is 25.7 Å². The Bertz CT molecular complexity index is 731. The van der Waals surface area contributed by atoms with Gasteiger partial charge in [0.05, 0.1) is 0 Å². The molecule has 6 N–H and O–H groups in total. The van der Waals surface area contributed by atoms with E-state index in [4.69, 9.17) is 14.7 Å². The Balaban J connectivity index is 1.57. The quantitative estimate of drug-likeness (QED) is 0.203. The number of carboxylic acids is 1. The van der Waals surface area contributed by atoms with Gasteiger partial charge in [-0.3, -0.25) is 9.59 Å². The Morgan fingerprint density at radius 1 is 0.871 bits per heavy atom. The minimum absolute atomic E-state index is 0.0737. The van der Waals surface area contributed by atoms with E-state index in [0.717, 1.165) is 12.1 Å². The number of benzene rings is 1. The Labute approximate surface area is 178 Å². The van der Waals surface area contributed by atoms with E-state index in [1.165, 1.54) is 0 Å². The number of rotatable bonds is 11. The van der Waals surface area contributed by atoms with Gasteiger partial charge in [0.25, 0.3) is 0 Å².